The van der Waals surface area contributed by atoms with Crippen molar-refractivity contribution < 1.29 is 13.5 Å². The van der Waals surface area contributed by atoms with Crippen molar-refractivity contribution in [3.63, 3.8) is 0 Å². The van der Waals surface area contributed by atoms with Crippen molar-refractivity contribution in [2.45, 2.75) is 26.4 Å². The van der Waals surface area contributed by atoms with Crippen LogP contribution in [-0.4, -0.2) is 23.1 Å². The molecule has 152 valence electrons. The highest BCUT2D eigenvalue weighted by Gasteiger charge is 2.35. The third-order valence-corrected chi connectivity index (χ3v) is 5.64. The van der Waals surface area contributed by atoms with Gasteiger partial charge in [-0.3, -0.25) is 0 Å². The van der Waals surface area contributed by atoms with Crippen molar-refractivity contribution in [3.8, 4) is 11.8 Å². The van der Waals surface area contributed by atoms with Crippen LogP contribution in [0.3, 0.4) is 0 Å². The van der Waals surface area contributed by atoms with Crippen LogP contribution in [0, 0.1) is 28.9 Å². The fraction of sp³-hybridized carbons (Fsp3) is 0.304. The highest BCUT2D eigenvalue weighted by molar-refractivity contribution is 5.92. The zero-order valence-electron chi connectivity index (χ0n) is 16.4. The van der Waals surface area contributed by atoms with Crippen molar-refractivity contribution in [1.82, 2.24) is 9.97 Å². The predicted molar refractivity (Wildman–Crippen MR) is 110 cm³/mol. The molecule has 1 fully saturated rings. The Kier molecular flexibility index (Phi) is 4.33. The summed E-state index contributed by atoms with van der Waals surface area (Å²) in [5, 5.41) is 0.196. The summed E-state index contributed by atoms with van der Waals surface area (Å²) < 4.78 is 34.1. The zero-order valence-corrected chi connectivity index (χ0v) is 16.4. The Labute approximate surface area is 171 Å². The summed E-state index contributed by atoms with van der Waals surface area (Å²) >= 11 is 0. The number of rotatable bonds is 1. The Morgan fingerprint density at radius 2 is 2.10 bits per heavy atom. The molecule has 0 atom stereocenters. The molecule has 0 bridgehead atoms. The van der Waals surface area contributed by atoms with E-state index in [2.05, 4.69) is 28.7 Å². The molecule has 1 aromatic heterocycles. The predicted octanol–water partition coefficient (Wildman–Crippen LogP) is 4.02. The van der Waals surface area contributed by atoms with Crippen LogP contribution in [-0.2, 0) is 11.3 Å². The van der Waals surface area contributed by atoms with Crippen LogP contribution < -0.4 is 10.6 Å². The molecule has 2 aromatic carbocycles. The van der Waals surface area contributed by atoms with Crippen LogP contribution in [0.4, 0.5) is 20.3 Å². The van der Waals surface area contributed by atoms with Gasteiger partial charge in [0.2, 0.25) is 0 Å². The van der Waals surface area contributed by atoms with E-state index in [-0.39, 0.29) is 22.1 Å². The smallest absolute Gasteiger partial charge is 0.347 e. The van der Waals surface area contributed by atoms with Crippen molar-refractivity contribution in [2.24, 2.45) is 5.41 Å². The fourth-order valence-corrected chi connectivity index (χ4v) is 3.67. The average molecular weight is 407 g/mol. The quantitative estimate of drug-likeness (QED) is 0.619. The number of ether oxygens (including phenoxy) is 1. The van der Waals surface area contributed by atoms with Crippen LogP contribution >= 0.6 is 0 Å². The molecule has 5 rings (SSSR count). The maximum Gasteiger partial charge on any atom is 0.347 e. The van der Waals surface area contributed by atoms with Gasteiger partial charge in [-0.05, 0) is 38.0 Å². The number of aromatic amines is 1. The lowest BCUT2D eigenvalue weighted by atomic mass is 10.0. The number of hydrogen-bond acceptors (Lipinski definition) is 4. The monoisotopic (exact) mass is 407 g/mol. The Balaban J connectivity index is 1.71. The number of fused-ring (bicyclic) bond motifs is 2. The molecule has 2 aliphatic rings. The normalized spacial score (nSPS) is 17.1. The summed E-state index contributed by atoms with van der Waals surface area (Å²) in [4.78, 5) is 20.4. The highest BCUT2D eigenvalue weighted by atomic mass is 19.1. The number of benzene rings is 2. The number of nitrogens with one attached hydrogen (secondary N) is 1. The van der Waals surface area contributed by atoms with Gasteiger partial charge in [-0.15, -0.1) is 0 Å². The lowest BCUT2D eigenvalue weighted by molar-refractivity contribution is 0.133. The topological polar surface area (TPSA) is 58.2 Å². The first-order chi connectivity index (χ1) is 14.4. The largest absolute Gasteiger partial charge is 0.375 e. The van der Waals surface area contributed by atoms with Crippen LogP contribution in [0.25, 0.3) is 10.9 Å². The highest BCUT2D eigenvalue weighted by Crippen LogP contribution is 2.44. The van der Waals surface area contributed by atoms with Gasteiger partial charge >= 0.3 is 5.69 Å². The Morgan fingerprint density at radius 1 is 1.27 bits per heavy atom. The van der Waals surface area contributed by atoms with Gasteiger partial charge in [0.15, 0.2) is 0 Å². The van der Waals surface area contributed by atoms with Crippen LogP contribution in [0.15, 0.2) is 35.1 Å². The van der Waals surface area contributed by atoms with E-state index in [1.165, 1.54) is 6.07 Å². The lowest BCUT2D eigenvalue weighted by Gasteiger charge is -2.24. The van der Waals surface area contributed by atoms with Gasteiger partial charge in [0.1, 0.15) is 17.5 Å². The molecule has 1 N–H and O–H groups in total. The number of hydrogen-bond donors (Lipinski definition) is 1. The first-order valence-corrected chi connectivity index (χ1v) is 9.83. The summed E-state index contributed by atoms with van der Waals surface area (Å²) in [7, 11) is 0. The van der Waals surface area contributed by atoms with Gasteiger partial charge in [0, 0.05) is 40.2 Å². The van der Waals surface area contributed by atoms with E-state index in [1.54, 1.807) is 4.90 Å². The molecule has 7 heteroatoms. The maximum atomic E-state index is 14.3. The van der Waals surface area contributed by atoms with Crippen molar-refractivity contribution in [1.29, 1.82) is 0 Å². The van der Waals surface area contributed by atoms with Gasteiger partial charge in [0.25, 0.3) is 0 Å². The van der Waals surface area contributed by atoms with Gasteiger partial charge in [-0.1, -0.05) is 17.9 Å². The standard InChI is InChI=1S/C23H19F2N3O2/c1-23(7-8-23)6-5-14-3-2-4-19-17(14)13-30-10-9-28(19)21-16-11-15(24)12-18(25)20(16)26-22(29)27-21/h2-4,11-12H,7-10,13H2,1H3,(H,26,27,29). The molecule has 1 aliphatic heterocycles. The fourth-order valence-electron chi connectivity index (χ4n) is 3.67. The lowest BCUT2D eigenvalue weighted by Crippen LogP contribution is -2.25. The van der Waals surface area contributed by atoms with Crippen molar-refractivity contribution >= 4 is 22.4 Å². The van der Waals surface area contributed by atoms with Crippen molar-refractivity contribution in [2.75, 3.05) is 18.1 Å². The van der Waals surface area contributed by atoms with Crippen LogP contribution in [0.2, 0.25) is 0 Å². The molecule has 0 amide bonds. The molecular formula is C23H19F2N3O2. The first-order valence-electron chi connectivity index (χ1n) is 9.83. The minimum Gasteiger partial charge on any atom is -0.375 e. The van der Waals surface area contributed by atoms with E-state index in [0.29, 0.717) is 19.8 Å². The number of anilines is 2. The number of H-pyrrole nitrogens is 1. The van der Waals surface area contributed by atoms with Crippen LogP contribution in [0.5, 0.6) is 0 Å². The summed E-state index contributed by atoms with van der Waals surface area (Å²) in [6.07, 6.45) is 2.19. The number of nitrogens with zero attached hydrogens (tertiary/aromatic N) is 2. The van der Waals surface area contributed by atoms with E-state index < -0.39 is 17.3 Å². The maximum absolute atomic E-state index is 14.3. The molecule has 1 aliphatic carbocycles. The second-order valence-electron chi connectivity index (χ2n) is 7.99. The van der Waals surface area contributed by atoms with Gasteiger partial charge in [-0.2, -0.15) is 4.98 Å². The minimum atomic E-state index is -0.839. The molecule has 0 unspecified atom stereocenters. The molecule has 30 heavy (non-hydrogen) atoms. The van der Waals surface area contributed by atoms with Gasteiger partial charge in [-0.25, -0.2) is 13.6 Å². The molecule has 0 radical (unpaired) electrons. The molecule has 0 spiro atoms. The van der Waals surface area contributed by atoms with Gasteiger partial charge in [0.05, 0.1) is 18.7 Å². The Bertz CT molecular complexity index is 1290. The van der Waals surface area contributed by atoms with E-state index in [9.17, 15) is 13.6 Å². The van der Waals surface area contributed by atoms with Crippen LogP contribution in [0.1, 0.15) is 30.9 Å². The zero-order chi connectivity index (χ0) is 20.9. The molecule has 3 aromatic rings. The minimum absolute atomic E-state index is 0.0734. The SMILES string of the molecule is CC1(C#Cc2cccc3c2COCCN3c2nc(=O)[nH]c3c(F)cc(F)cc23)CC1. The second-order valence-corrected chi connectivity index (χ2v) is 7.99. The summed E-state index contributed by atoms with van der Waals surface area (Å²) in [5.41, 5.74) is 1.79. The Morgan fingerprint density at radius 3 is 2.90 bits per heavy atom. The first kappa shape index (κ1) is 18.8. The van der Waals surface area contributed by atoms with E-state index in [4.69, 9.17) is 4.74 Å². The summed E-state index contributed by atoms with van der Waals surface area (Å²) in [6.45, 7) is 3.25. The number of aromatic nitrogens is 2. The van der Waals surface area contributed by atoms with E-state index in [1.807, 2.05) is 18.2 Å². The van der Waals surface area contributed by atoms with E-state index >= 15 is 0 Å². The van der Waals surface area contributed by atoms with Gasteiger partial charge < -0.3 is 14.6 Å². The molecule has 2 heterocycles. The Hall–Kier alpha value is -3.24. The summed E-state index contributed by atoms with van der Waals surface area (Å²) in [5.74, 6) is 5.23. The summed E-state index contributed by atoms with van der Waals surface area (Å²) in [6, 6.07) is 7.63. The molecular weight excluding hydrogens is 388 g/mol. The molecule has 0 saturated heterocycles. The van der Waals surface area contributed by atoms with Crippen molar-refractivity contribution in [3.05, 3.63) is 63.6 Å². The third kappa shape index (κ3) is 3.33. The molecule has 1 saturated carbocycles. The number of halogens is 2. The molecule has 5 nitrogen and oxygen atoms in total. The average Bonchev–Trinajstić information content (AvgIpc) is 3.48. The third-order valence-electron chi connectivity index (χ3n) is 5.64. The van der Waals surface area contributed by atoms with E-state index in [0.717, 1.165) is 35.7 Å². The second kappa shape index (κ2) is 6.92.